The van der Waals surface area contributed by atoms with Gasteiger partial charge in [0.2, 0.25) is 0 Å². The van der Waals surface area contributed by atoms with Crippen molar-refractivity contribution in [3.8, 4) is 0 Å². The van der Waals surface area contributed by atoms with Gasteiger partial charge in [-0.05, 0) is 49.0 Å². The van der Waals surface area contributed by atoms with Gasteiger partial charge in [0.25, 0.3) is 0 Å². The molecular formula is C11H21BrN2. The second kappa shape index (κ2) is 9.44. The number of hydrogen-bond donors (Lipinski definition) is 2. The third-order valence-corrected chi connectivity index (χ3v) is 1.97. The smallest absolute Gasteiger partial charge is 0.0202 e. The largest absolute Gasteiger partial charge is 0.330 e. The Morgan fingerprint density at radius 1 is 1.50 bits per heavy atom. The van der Waals surface area contributed by atoms with E-state index in [-0.39, 0.29) is 0 Å². The van der Waals surface area contributed by atoms with E-state index in [1.54, 1.807) is 0 Å². The Hall–Kier alpha value is -0.120. The van der Waals surface area contributed by atoms with E-state index in [4.69, 9.17) is 5.73 Å². The average Bonchev–Trinajstić information content (AvgIpc) is 2.12. The fourth-order valence-electron chi connectivity index (χ4n) is 1.16. The van der Waals surface area contributed by atoms with Crippen LogP contribution in [-0.4, -0.2) is 19.6 Å². The van der Waals surface area contributed by atoms with E-state index in [2.05, 4.69) is 40.3 Å². The number of nitrogens with one attached hydrogen (secondary N) is 1. The first kappa shape index (κ1) is 13.9. The van der Waals surface area contributed by atoms with E-state index in [1.165, 1.54) is 5.57 Å². The van der Waals surface area contributed by atoms with Gasteiger partial charge in [0.05, 0.1) is 0 Å². The molecule has 3 heteroatoms. The fourth-order valence-corrected chi connectivity index (χ4v) is 1.45. The lowest BCUT2D eigenvalue weighted by atomic mass is 10.2. The van der Waals surface area contributed by atoms with Crippen LogP contribution in [0.5, 0.6) is 0 Å². The van der Waals surface area contributed by atoms with Gasteiger partial charge in [-0.1, -0.05) is 28.9 Å². The normalized spacial score (nSPS) is 13.4. The summed E-state index contributed by atoms with van der Waals surface area (Å²) in [7, 11) is 0. The van der Waals surface area contributed by atoms with E-state index in [9.17, 15) is 0 Å². The summed E-state index contributed by atoms with van der Waals surface area (Å²) < 4.78 is 1.16. The topological polar surface area (TPSA) is 38.0 Å². The van der Waals surface area contributed by atoms with Gasteiger partial charge >= 0.3 is 0 Å². The van der Waals surface area contributed by atoms with Crippen LogP contribution < -0.4 is 11.1 Å². The van der Waals surface area contributed by atoms with Crippen molar-refractivity contribution in [2.75, 3.05) is 19.6 Å². The van der Waals surface area contributed by atoms with Crippen molar-refractivity contribution in [3.63, 3.8) is 0 Å². The first-order valence-corrected chi connectivity index (χ1v) is 5.93. The molecule has 0 fully saturated rings. The Morgan fingerprint density at radius 2 is 2.21 bits per heavy atom. The van der Waals surface area contributed by atoms with Gasteiger partial charge < -0.3 is 11.1 Å². The minimum absolute atomic E-state index is 0.757. The first-order valence-electron chi connectivity index (χ1n) is 5.14. The van der Waals surface area contributed by atoms with Crippen LogP contribution in [0.15, 0.2) is 22.2 Å². The van der Waals surface area contributed by atoms with E-state index in [1.807, 2.05) is 6.92 Å². The fraction of sp³-hybridized carbons (Fsp3) is 0.636. The number of allylic oxidation sites excluding steroid dienone is 2. The molecule has 0 unspecified atom stereocenters. The van der Waals surface area contributed by atoms with Gasteiger partial charge in [-0.2, -0.15) is 0 Å². The highest BCUT2D eigenvalue weighted by Gasteiger charge is 1.93. The highest BCUT2D eigenvalue weighted by molar-refractivity contribution is 9.11. The Balaban J connectivity index is 3.87. The number of nitrogens with two attached hydrogens (primary N) is 1. The number of hydrogen-bond acceptors (Lipinski definition) is 2. The van der Waals surface area contributed by atoms with Crippen molar-refractivity contribution in [3.05, 3.63) is 22.2 Å². The van der Waals surface area contributed by atoms with Crippen LogP contribution in [-0.2, 0) is 0 Å². The van der Waals surface area contributed by atoms with Gasteiger partial charge in [0.15, 0.2) is 0 Å². The van der Waals surface area contributed by atoms with Crippen molar-refractivity contribution in [1.82, 2.24) is 5.32 Å². The standard InChI is InChI=1S/C11H21BrN2/c1-3-5-11(8-10(2)12)9-14-7-4-6-13/h5,8,14H,3-4,6-7,9,13H2,1-2H3/b10-8+,11-5+. The van der Waals surface area contributed by atoms with Gasteiger partial charge in [-0.15, -0.1) is 0 Å². The van der Waals surface area contributed by atoms with Crippen molar-refractivity contribution in [2.24, 2.45) is 5.73 Å². The zero-order valence-corrected chi connectivity index (χ0v) is 10.7. The maximum Gasteiger partial charge on any atom is 0.0202 e. The van der Waals surface area contributed by atoms with Crippen molar-refractivity contribution in [1.29, 1.82) is 0 Å². The summed E-state index contributed by atoms with van der Waals surface area (Å²) in [4.78, 5) is 0. The Bertz CT molecular complexity index is 193. The van der Waals surface area contributed by atoms with Crippen molar-refractivity contribution in [2.45, 2.75) is 26.7 Å². The van der Waals surface area contributed by atoms with Crippen LogP contribution in [0.4, 0.5) is 0 Å². The van der Waals surface area contributed by atoms with Crippen LogP contribution in [0.1, 0.15) is 26.7 Å². The van der Waals surface area contributed by atoms with Crippen LogP contribution in [0.25, 0.3) is 0 Å². The molecule has 0 atom stereocenters. The third-order valence-electron chi connectivity index (χ3n) is 1.74. The zero-order valence-electron chi connectivity index (χ0n) is 9.15. The molecule has 0 bridgehead atoms. The summed E-state index contributed by atoms with van der Waals surface area (Å²) in [5.41, 5.74) is 6.74. The molecule has 0 radical (unpaired) electrons. The van der Waals surface area contributed by atoms with Crippen LogP contribution >= 0.6 is 15.9 Å². The summed E-state index contributed by atoms with van der Waals surface area (Å²) in [6.07, 6.45) is 6.50. The molecule has 0 amide bonds. The summed E-state index contributed by atoms with van der Waals surface area (Å²) in [5, 5.41) is 3.36. The second-order valence-corrected chi connectivity index (χ2v) is 4.49. The molecule has 2 nitrogen and oxygen atoms in total. The highest BCUT2D eigenvalue weighted by Crippen LogP contribution is 2.08. The molecule has 0 aliphatic heterocycles. The number of halogens is 1. The molecule has 0 spiro atoms. The molecule has 0 aliphatic rings. The Morgan fingerprint density at radius 3 is 2.71 bits per heavy atom. The molecule has 0 saturated carbocycles. The summed E-state index contributed by atoms with van der Waals surface area (Å²) in [6.45, 7) is 6.87. The molecular weight excluding hydrogens is 240 g/mol. The highest BCUT2D eigenvalue weighted by atomic mass is 79.9. The van der Waals surface area contributed by atoms with Gasteiger partial charge in [-0.25, -0.2) is 0 Å². The van der Waals surface area contributed by atoms with Crippen molar-refractivity contribution >= 4 is 15.9 Å². The third kappa shape index (κ3) is 8.48. The lowest BCUT2D eigenvalue weighted by Gasteiger charge is -2.05. The molecule has 14 heavy (non-hydrogen) atoms. The van der Waals surface area contributed by atoms with Crippen LogP contribution in [0.2, 0.25) is 0 Å². The van der Waals surface area contributed by atoms with E-state index >= 15 is 0 Å². The average molecular weight is 261 g/mol. The number of rotatable bonds is 7. The predicted molar refractivity (Wildman–Crippen MR) is 67.6 cm³/mol. The molecule has 0 heterocycles. The molecule has 0 aromatic heterocycles. The maximum absolute atomic E-state index is 5.41. The maximum atomic E-state index is 5.41. The van der Waals surface area contributed by atoms with E-state index in [0.717, 1.165) is 37.0 Å². The molecule has 0 aromatic rings. The molecule has 0 aliphatic carbocycles. The summed E-state index contributed by atoms with van der Waals surface area (Å²) in [6, 6.07) is 0. The molecule has 82 valence electrons. The lowest BCUT2D eigenvalue weighted by molar-refractivity contribution is 0.691. The second-order valence-electron chi connectivity index (χ2n) is 3.24. The summed E-state index contributed by atoms with van der Waals surface area (Å²) in [5.74, 6) is 0. The summed E-state index contributed by atoms with van der Waals surface area (Å²) >= 11 is 3.44. The van der Waals surface area contributed by atoms with Crippen LogP contribution in [0, 0.1) is 0 Å². The lowest BCUT2D eigenvalue weighted by Crippen LogP contribution is -2.20. The molecule has 0 saturated heterocycles. The Kier molecular flexibility index (Phi) is 9.35. The molecule has 0 aromatic carbocycles. The van der Waals surface area contributed by atoms with Crippen LogP contribution in [0.3, 0.4) is 0 Å². The Labute approximate surface area is 95.8 Å². The van der Waals surface area contributed by atoms with Crippen molar-refractivity contribution < 1.29 is 0 Å². The van der Waals surface area contributed by atoms with Gasteiger partial charge in [-0.3, -0.25) is 0 Å². The molecule has 0 rings (SSSR count). The minimum atomic E-state index is 0.757. The zero-order chi connectivity index (χ0) is 10.8. The first-order chi connectivity index (χ1) is 6.70. The predicted octanol–water partition coefficient (Wildman–Crippen LogP) is 2.56. The SMILES string of the molecule is CC/C=C(\C=C(/C)Br)CNCCCN. The van der Waals surface area contributed by atoms with E-state index < -0.39 is 0 Å². The van der Waals surface area contributed by atoms with Gasteiger partial charge in [0, 0.05) is 6.54 Å². The quantitative estimate of drug-likeness (QED) is 0.546. The molecule has 3 N–H and O–H groups in total. The minimum Gasteiger partial charge on any atom is -0.330 e. The monoisotopic (exact) mass is 260 g/mol. The van der Waals surface area contributed by atoms with Gasteiger partial charge in [0.1, 0.15) is 0 Å². The van der Waals surface area contributed by atoms with E-state index in [0.29, 0.717) is 0 Å².